The maximum absolute atomic E-state index is 7.18. The van der Waals surface area contributed by atoms with Gasteiger partial charge in [0.15, 0.2) is 0 Å². The van der Waals surface area contributed by atoms with Crippen molar-refractivity contribution < 1.29 is 0 Å². The van der Waals surface area contributed by atoms with Gasteiger partial charge in [0.25, 0.3) is 0 Å². The van der Waals surface area contributed by atoms with Crippen molar-refractivity contribution in [1.29, 1.82) is 5.26 Å². The van der Waals surface area contributed by atoms with Gasteiger partial charge in [0.1, 0.15) is 5.40 Å². The predicted octanol–water partition coefficient (Wildman–Crippen LogP) is 3.42. The van der Waals surface area contributed by atoms with E-state index in [0.717, 1.165) is 19.5 Å². The van der Waals surface area contributed by atoms with Crippen molar-refractivity contribution in [2.45, 2.75) is 13.0 Å². The van der Waals surface area contributed by atoms with Crippen molar-refractivity contribution >= 4 is 12.6 Å². The Kier molecular flexibility index (Phi) is 8.20. The molecule has 0 heterocycles. The smallest absolute Gasteiger partial charge is 0.130 e. The summed E-state index contributed by atoms with van der Waals surface area (Å²) in [5.74, 6) is 0. The van der Waals surface area contributed by atoms with Crippen molar-refractivity contribution in [3.8, 4) is 5.40 Å². The van der Waals surface area contributed by atoms with E-state index in [-0.39, 0.29) is 0 Å². The molecule has 98 valence electrons. The minimum Gasteiger partial charge on any atom is -0.312 e. The van der Waals surface area contributed by atoms with E-state index in [9.17, 15) is 0 Å². The first-order valence-electron chi connectivity index (χ1n) is 6.18. The largest absolute Gasteiger partial charge is 0.312 e. The number of nitrogens with zero attached hydrogens (tertiary/aromatic N) is 1. The molecule has 0 saturated carbocycles. The van der Waals surface area contributed by atoms with Crippen LogP contribution in [0.5, 0.6) is 0 Å². The van der Waals surface area contributed by atoms with Gasteiger partial charge < -0.3 is 5.32 Å². The van der Waals surface area contributed by atoms with Gasteiger partial charge in [-0.3, -0.25) is 0 Å². The van der Waals surface area contributed by atoms with Crippen LogP contribution in [0.2, 0.25) is 0 Å². The zero-order chi connectivity index (χ0) is 13.8. The second-order valence-corrected chi connectivity index (χ2v) is 4.20. The van der Waals surface area contributed by atoms with Crippen LogP contribution in [-0.4, -0.2) is 6.54 Å². The van der Waals surface area contributed by atoms with E-state index in [0.29, 0.717) is 0 Å². The lowest BCUT2D eigenvalue weighted by Gasteiger charge is -2.04. The summed E-state index contributed by atoms with van der Waals surface area (Å²) in [6.07, 6.45) is 1.09. The zero-order valence-electron chi connectivity index (χ0n) is 10.8. The Morgan fingerprint density at radius 3 is 1.89 bits per heavy atom. The molecule has 19 heavy (non-hydrogen) atoms. The van der Waals surface area contributed by atoms with Crippen LogP contribution < -0.4 is 5.32 Å². The molecule has 0 aromatic heterocycles. The SMILES string of the molecule is N#CS.c1ccc(CCNCc2ccccc2)cc1. The van der Waals surface area contributed by atoms with Gasteiger partial charge in [-0.25, -0.2) is 0 Å². The average Bonchev–Trinajstić information content (AvgIpc) is 2.47. The number of thiol groups is 1. The summed E-state index contributed by atoms with van der Waals surface area (Å²) in [6, 6.07) is 21.1. The Morgan fingerprint density at radius 1 is 0.895 bits per heavy atom. The van der Waals surface area contributed by atoms with E-state index in [1.807, 2.05) is 6.07 Å². The summed E-state index contributed by atoms with van der Waals surface area (Å²) >= 11 is 3.09. The Hall–Kier alpha value is -1.76. The molecule has 0 saturated heterocycles. The fourth-order valence-corrected chi connectivity index (χ4v) is 1.71. The van der Waals surface area contributed by atoms with E-state index in [1.165, 1.54) is 16.5 Å². The summed E-state index contributed by atoms with van der Waals surface area (Å²) in [4.78, 5) is 0. The maximum Gasteiger partial charge on any atom is 0.130 e. The first-order valence-corrected chi connectivity index (χ1v) is 6.63. The number of nitriles is 1. The van der Waals surface area contributed by atoms with Crippen molar-refractivity contribution in [2.75, 3.05) is 6.54 Å². The van der Waals surface area contributed by atoms with Gasteiger partial charge in [-0.05, 0) is 24.1 Å². The molecule has 0 spiro atoms. The molecule has 1 N–H and O–H groups in total. The summed E-state index contributed by atoms with van der Waals surface area (Å²) in [7, 11) is 0. The Balaban J connectivity index is 0.000000550. The first kappa shape index (κ1) is 15.3. The summed E-state index contributed by atoms with van der Waals surface area (Å²) in [6.45, 7) is 1.98. The summed E-state index contributed by atoms with van der Waals surface area (Å²) in [5.41, 5.74) is 2.73. The molecule has 0 unspecified atom stereocenters. The predicted molar refractivity (Wildman–Crippen MR) is 82.9 cm³/mol. The molecule has 2 rings (SSSR count). The lowest BCUT2D eigenvalue weighted by Crippen LogP contribution is -2.16. The molecule has 2 nitrogen and oxygen atoms in total. The number of rotatable bonds is 5. The lowest BCUT2D eigenvalue weighted by atomic mass is 10.1. The van der Waals surface area contributed by atoms with Crippen molar-refractivity contribution in [1.82, 2.24) is 5.32 Å². The van der Waals surface area contributed by atoms with Gasteiger partial charge in [-0.2, -0.15) is 5.26 Å². The van der Waals surface area contributed by atoms with Crippen LogP contribution in [-0.2, 0) is 13.0 Å². The molecule has 0 bridgehead atoms. The van der Waals surface area contributed by atoms with Crippen LogP contribution in [0.3, 0.4) is 0 Å². The second-order valence-electron chi connectivity index (χ2n) is 4.00. The van der Waals surface area contributed by atoms with Gasteiger partial charge in [0.05, 0.1) is 0 Å². The zero-order valence-corrected chi connectivity index (χ0v) is 11.7. The molecule has 0 aliphatic rings. The Labute approximate surface area is 120 Å². The quantitative estimate of drug-likeness (QED) is 0.496. The van der Waals surface area contributed by atoms with Gasteiger partial charge in [-0.15, -0.1) is 0 Å². The molecule has 0 radical (unpaired) electrons. The molecule has 2 aromatic rings. The average molecular weight is 270 g/mol. The highest BCUT2D eigenvalue weighted by atomic mass is 32.1. The maximum atomic E-state index is 7.18. The molecule has 3 heteroatoms. The van der Waals surface area contributed by atoms with Gasteiger partial charge in [0, 0.05) is 6.54 Å². The van der Waals surface area contributed by atoms with Gasteiger partial charge in [0.2, 0.25) is 0 Å². The third kappa shape index (κ3) is 7.30. The number of benzene rings is 2. The monoisotopic (exact) mass is 270 g/mol. The van der Waals surface area contributed by atoms with E-state index >= 15 is 0 Å². The van der Waals surface area contributed by atoms with E-state index < -0.39 is 0 Å². The minimum atomic E-state index is 0.952. The number of thiocyanates is 1. The molecule has 0 amide bonds. The molecule has 0 aliphatic carbocycles. The van der Waals surface area contributed by atoms with Crippen LogP contribution >= 0.6 is 12.6 Å². The molecular weight excluding hydrogens is 252 g/mol. The van der Waals surface area contributed by atoms with Gasteiger partial charge in [-0.1, -0.05) is 73.3 Å². The van der Waals surface area contributed by atoms with Crippen LogP contribution in [0.1, 0.15) is 11.1 Å². The van der Waals surface area contributed by atoms with Crippen molar-refractivity contribution in [2.24, 2.45) is 0 Å². The van der Waals surface area contributed by atoms with Crippen LogP contribution in [0.25, 0.3) is 0 Å². The number of nitrogens with one attached hydrogen (secondary N) is 1. The normalized spacial score (nSPS) is 9.05. The minimum absolute atomic E-state index is 0.952. The highest BCUT2D eigenvalue weighted by Crippen LogP contribution is 2.00. The molecule has 0 atom stereocenters. The Morgan fingerprint density at radius 2 is 1.37 bits per heavy atom. The highest BCUT2D eigenvalue weighted by molar-refractivity contribution is 7.85. The topological polar surface area (TPSA) is 35.8 Å². The first-order chi connectivity index (χ1) is 9.36. The fourth-order valence-electron chi connectivity index (χ4n) is 1.71. The standard InChI is InChI=1S/C15H17N.CHNS/c1-3-7-14(8-4-1)11-12-16-13-15-9-5-2-6-10-15;2-1-3/h1-10,16H,11-13H2;3H. The lowest BCUT2D eigenvalue weighted by molar-refractivity contribution is 0.687. The number of hydrogen-bond acceptors (Lipinski definition) is 3. The number of hydrogen-bond donors (Lipinski definition) is 2. The van der Waals surface area contributed by atoms with E-state index in [4.69, 9.17) is 5.26 Å². The molecular formula is C16H18N2S. The van der Waals surface area contributed by atoms with Crippen LogP contribution in [0, 0.1) is 10.7 Å². The van der Waals surface area contributed by atoms with E-state index in [2.05, 4.69) is 72.5 Å². The summed E-state index contributed by atoms with van der Waals surface area (Å²) in [5, 5.41) is 12.1. The van der Waals surface area contributed by atoms with E-state index in [1.54, 1.807) is 0 Å². The van der Waals surface area contributed by atoms with Gasteiger partial charge >= 0.3 is 0 Å². The van der Waals surface area contributed by atoms with Crippen LogP contribution in [0.15, 0.2) is 60.7 Å². The van der Waals surface area contributed by atoms with Crippen LogP contribution in [0.4, 0.5) is 0 Å². The third-order valence-corrected chi connectivity index (χ3v) is 2.61. The second kappa shape index (κ2) is 10.2. The summed E-state index contributed by atoms with van der Waals surface area (Å²) < 4.78 is 0. The fraction of sp³-hybridized carbons (Fsp3) is 0.188. The van der Waals surface area contributed by atoms with Crippen molar-refractivity contribution in [3.63, 3.8) is 0 Å². The molecule has 0 fully saturated rings. The molecule has 2 aromatic carbocycles. The third-order valence-electron chi connectivity index (χ3n) is 2.61. The Bertz CT molecular complexity index is 436. The molecule has 0 aliphatic heterocycles. The van der Waals surface area contributed by atoms with Crippen molar-refractivity contribution in [3.05, 3.63) is 71.8 Å². The highest BCUT2D eigenvalue weighted by Gasteiger charge is 1.92.